The van der Waals surface area contributed by atoms with Gasteiger partial charge in [0.1, 0.15) is 6.04 Å². The highest BCUT2D eigenvalue weighted by atomic mass is 16.4. The molecule has 0 amide bonds. The average Bonchev–Trinajstić information content (AvgIpc) is 3.15. The van der Waals surface area contributed by atoms with Gasteiger partial charge in [0.05, 0.1) is 11.0 Å². The summed E-state index contributed by atoms with van der Waals surface area (Å²) in [5.74, 6) is -0.888. The molecule has 142 valence electrons. The zero-order valence-corrected chi connectivity index (χ0v) is 15.6. The Morgan fingerprint density at radius 3 is 2.66 bits per heavy atom. The molecule has 0 saturated heterocycles. The summed E-state index contributed by atoms with van der Waals surface area (Å²) in [5.41, 5.74) is 4.51. The molecule has 0 bridgehead atoms. The van der Waals surface area contributed by atoms with Gasteiger partial charge in [-0.2, -0.15) is 0 Å². The summed E-state index contributed by atoms with van der Waals surface area (Å²) in [7, 11) is 0. The van der Waals surface area contributed by atoms with Crippen molar-refractivity contribution in [2.45, 2.75) is 12.5 Å². The van der Waals surface area contributed by atoms with Crippen LogP contribution in [0, 0.1) is 0 Å². The third-order valence-electron chi connectivity index (χ3n) is 5.29. The van der Waals surface area contributed by atoms with Crippen LogP contribution >= 0.6 is 0 Å². The standard InChI is InChI=1S/C24H19N3O2/c28-24(29)23(13-16-14-25-20-9-4-2-7-17(16)20)27-22-11-5-10-21-18(22)12-15-6-1-3-8-19(15)26-21/h1-12,14,23,25,27H,13H2,(H,28,29)/t23-/m0/s1. The fourth-order valence-electron chi connectivity index (χ4n) is 3.83. The average molecular weight is 381 g/mol. The van der Waals surface area contributed by atoms with E-state index in [0.717, 1.165) is 44.0 Å². The highest BCUT2D eigenvalue weighted by Gasteiger charge is 2.20. The summed E-state index contributed by atoms with van der Waals surface area (Å²) in [6.45, 7) is 0. The van der Waals surface area contributed by atoms with Crippen molar-refractivity contribution in [2.24, 2.45) is 0 Å². The first kappa shape index (κ1) is 17.3. The zero-order valence-electron chi connectivity index (χ0n) is 15.6. The van der Waals surface area contributed by atoms with Crippen LogP contribution in [0.25, 0.3) is 32.7 Å². The number of benzene rings is 3. The van der Waals surface area contributed by atoms with Crippen molar-refractivity contribution in [3.8, 4) is 0 Å². The van der Waals surface area contributed by atoms with Crippen LogP contribution in [-0.2, 0) is 11.2 Å². The monoisotopic (exact) mass is 381 g/mol. The number of rotatable bonds is 5. The van der Waals surface area contributed by atoms with Crippen LogP contribution in [0.4, 0.5) is 5.69 Å². The van der Waals surface area contributed by atoms with Gasteiger partial charge in [0, 0.05) is 40.0 Å². The van der Waals surface area contributed by atoms with Gasteiger partial charge in [0.15, 0.2) is 0 Å². The van der Waals surface area contributed by atoms with E-state index >= 15 is 0 Å². The molecule has 2 aromatic heterocycles. The fourth-order valence-corrected chi connectivity index (χ4v) is 3.83. The molecular weight excluding hydrogens is 362 g/mol. The fraction of sp³-hybridized carbons (Fsp3) is 0.0833. The van der Waals surface area contributed by atoms with Crippen LogP contribution in [-0.4, -0.2) is 27.1 Å². The van der Waals surface area contributed by atoms with Crippen LogP contribution in [0.3, 0.4) is 0 Å². The van der Waals surface area contributed by atoms with Crippen molar-refractivity contribution >= 4 is 44.4 Å². The Labute approximate surface area is 167 Å². The molecule has 1 atom stereocenters. The maximum absolute atomic E-state index is 12.0. The summed E-state index contributed by atoms with van der Waals surface area (Å²) in [6, 6.07) is 22.9. The van der Waals surface area contributed by atoms with Gasteiger partial charge in [0.2, 0.25) is 0 Å². The SMILES string of the molecule is O=C(O)[C@H](Cc1c[nH]c2ccccc12)Nc1cccc2nc3ccccc3cc12. The van der Waals surface area contributed by atoms with Crippen LogP contribution < -0.4 is 5.32 Å². The maximum atomic E-state index is 12.0. The zero-order chi connectivity index (χ0) is 19.8. The molecule has 0 aliphatic carbocycles. The van der Waals surface area contributed by atoms with Crippen molar-refractivity contribution in [3.63, 3.8) is 0 Å². The third-order valence-corrected chi connectivity index (χ3v) is 5.29. The predicted molar refractivity (Wildman–Crippen MR) is 116 cm³/mol. The maximum Gasteiger partial charge on any atom is 0.326 e. The number of carboxylic acid groups (broad SMARTS) is 1. The van der Waals surface area contributed by atoms with Gasteiger partial charge >= 0.3 is 5.97 Å². The summed E-state index contributed by atoms with van der Waals surface area (Å²) < 4.78 is 0. The number of aliphatic carboxylic acids is 1. The van der Waals surface area contributed by atoms with E-state index in [1.54, 1.807) is 0 Å². The molecule has 0 radical (unpaired) electrons. The summed E-state index contributed by atoms with van der Waals surface area (Å²) in [4.78, 5) is 20.0. The molecule has 5 aromatic rings. The topological polar surface area (TPSA) is 78.0 Å². The number of aromatic amines is 1. The Balaban J connectivity index is 1.53. The molecule has 5 heteroatoms. The van der Waals surface area contributed by atoms with Gasteiger partial charge in [-0.05, 0) is 35.9 Å². The van der Waals surface area contributed by atoms with Gasteiger partial charge in [-0.15, -0.1) is 0 Å². The molecule has 29 heavy (non-hydrogen) atoms. The number of hydrogen-bond acceptors (Lipinski definition) is 3. The minimum atomic E-state index is -0.888. The Morgan fingerprint density at radius 1 is 0.966 bits per heavy atom. The molecule has 0 fully saturated rings. The Morgan fingerprint density at radius 2 is 1.76 bits per heavy atom. The van der Waals surface area contributed by atoms with E-state index in [-0.39, 0.29) is 0 Å². The lowest BCUT2D eigenvalue weighted by Gasteiger charge is -2.17. The summed E-state index contributed by atoms with van der Waals surface area (Å²) in [5, 5.41) is 16.1. The number of hydrogen-bond donors (Lipinski definition) is 3. The lowest BCUT2D eigenvalue weighted by Crippen LogP contribution is -2.31. The number of para-hydroxylation sites is 2. The molecule has 3 N–H and O–H groups in total. The van der Waals surface area contributed by atoms with Crippen LogP contribution in [0.2, 0.25) is 0 Å². The van der Waals surface area contributed by atoms with E-state index in [1.165, 1.54) is 0 Å². The van der Waals surface area contributed by atoms with Crippen molar-refractivity contribution in [1.29, 1.82) is 0 Å². The Bertz CT molecular complexity index is 1360. The van der Waals surface area contributed by atoms with Crippen molar-refractivity contribution < 1.29 is 9.90 Å². The molecule has 2 heterocycles. The number of H-pyrrole nitrogens is 1. The van der Waals surface area contributed by atoms with Crippen LogP contribution in [0.1, 0.15) is 5.56 Å². The quantitative estimate of drug-likeness (QED) is 0.375. The molecule has 5 nitrogen and oxygen atoms in total. The molecule has 0 aliphatic heterocycles. The predicted octanol–water partition coefficient (Wildman–Crippen LogP) is 4.98. The Kier molecular flexibility index (Phi) is 4.13. The van der Waals surface area contributed by atoms with E-state index in [2.05, 4.69) is 16.4 Å². The van der Waals surface area contributed by atoms with Gasteiger partial charge in [-0.3, -0.25) is 0 Å². The van der Waals surface area contributed by atoms with Crippen molar-refractivity contribution in [3.05, 3.63) is 84.6 Å². The molecule has 3 aromatic carbocycles. The second kappa shape index (κ2) is 6.95. The largest absolute Gasteiger partial charge is 0.480 e. The number of aromatic nitrogens is 2. The first-order valence-corrected chi connectivity index (χ1v) is 9.52. The summed E-state index contributed by atoms with van der Waals surface area (Å²) >= 11 is 0. The normalized spacial score (nSPS) is 12.4. The summed E-state index contributed by atoms with van der Waals surface area (Å²) in [6.07, 6.45) is 2.26. The van der Waals surface area contributed by atoms with Crippen molar-refractivity contribution in [2.75, 3.05) is 5.32 Å². The number of anilines is 1. The lowest BCUT2D eigenvalue weighted by molar-refractivity contribution is -0.137. The van der Waals surface area contributed by atoms with E-state index < -0.39 is 12.0 Å². The first-order valence-electron chi connectivity index (χ1n) is 9.52. The first-order chi connectivity index (χ1) is 14.2. The van der Waals surface area contributed by atoms with Gasteiger partial charge < -0.3 is 15.4 Å². The van der Waals surface area contributed by atoms with E-state index in [0.29, 0.717) is 6.42 Å². The molecular formula is C24H19N3O2. The number of carboxylic acids is 1. The number of nitrogens with one attached hydrogen (secondary N) is 2. The van der Waals surface area contributed by atoms with E-state index in [1.807, 2.05) is 72.9 Å². The lowest BCUT2D eigenvalue weighted by atomic mass is 10.0. The van der Waals surface area contributed by atoms with Crippen molar-refractivity contribution in [1.82, 2.24) is 9.97 Å². The van der Waals surface area contributed by atoms with Crippen LogP contribution in [0.15, 0.2) is 79.0 Å². The number of carbonyl (C=O) groups is 1. The third kappa shape index (κ3) is 3.17. The Hall–Kier alpha value is -3.86. The van der Waals surface area contributed by atoms with E-state index in [4.69, 9.17) is 4.98 Å². The highest BCUT2D eigenvalue weighted by Crippen LogP contribution is 2.27. The van der Waals surface area contributed by atoms with Gasteiger partial charge in [-0.1, -0.05) is 42.5 Å². The van der Waals surface area contributed by atoms with Crippen LogP contribution in [0.5, 0.6) is 0 Å². The second-order valence-electron chi connectivity index (χ2n) is 7.15. The smallest absolute Gasteiger partial charge is 0.326 e. The number of nitrogens with zero attached hydrogens (tertiary/aromatic N) is 1. The molecule has 0 saturated carbocycles. The molecule has 0 unspecified atom stereocenters. The highest BCUT2D eigenvalue weighted by molar-refractivity contribution is 6.00. The molecule has 0 spiro atoms. The number of fused-ring (bicyclic) bond motifs is 3. The molecule has 0 aliphatic rings. The molecule has 5 rings (SSSR count). The number of pyridine rings is 1. The van der Waals surface area contributed by atoms with Gasteiger partial charge in [0.25, 0.3) is 0 Å². The second-order valence-corrected chi connectivity index (χ2v) is 7.15. The minimum Gasteiger partial charge on any atom is -0.480 e. The minimum absolute atomic E-state index is 0.372. The van der Waals surface area contributed by atoms with E-state index in [9.17, 15) is 9.90 Å². The van der Waals surface area contributed by atoms with Gasteiger partial charge in [-0.25, -0.2) is 9.78 Å².